The Labute approximate surface area is 283 Å². The van der Waals surface area contributed by atoms with E-state index in [2.05, 4.69) is 176 Å². The molecule has 0 saturated carbocycles. The van der Waals surface area contributed by atoms with Crippen LogP contribution in [0, 0.1) is 28.1 Å². The standard InChI is InChI=1S/C30H20I4N2S2/c1-13-5-7-15(19(31)9-13)25-23(33)29-27(35(25)3)17-11-22-18(12-21(17)37-29)28-30(38-22)24(34)26(36(28)4)16-8-6-14(2)10-20(16)32/h5-12H,1-4H3. The van der Waals surface area contributed by atoms with Crippen molar-refractivity contribution in [3.8, 4) is 22.5 Å². The monoisotopic (exact) mass is 980 g/mol. The summed E-state index contributed by atoms with van der Waals surface area (Å²) >= 11 is 14.0. The molecule has 0 N–H and O–H groups in total. The summed E-state index contributed by atoms with van der Waals surface area (Å²) in [5.41, 5.74) is 10.6. The molecule has 0 aliphatic heterocycles. The number of thiophene rings is 2. The van der Waals surface area contributed by atoms with Crippen LogP contribution in [-0.2, 0) is 14.1 Å². The van der Waals surface area contributed by atoms with E-state index in [-0.39, 0.29) is 0 Å². The van der Waals surface area contributed by atoms with Gasteiger partial charge in [-0.2, -0.15) is 0 Å². The number of halogens is 4. The van der Waals surface area contributed by atoms with Crippen molar-refractivity contribution in [2.24, 2.45) is 14.1 Å². The van der Waals surface area contributed by atoms with E-state index in [1.807, 2.05) is 22.7 Å². The number of hydrogen-bond donors (Lipinski definition) is 0. The number of hydrogen-bond acceptors (Lipinski definition) is 2. The summed E-state index contributed by atoms with van der Waals surface area (Å²) in [5, 5.41) is 2.72. The molecule has 4 aromatic heterocycles. The Morgan fingerprint density at radius 3 is 1.34 bits per heavy atom. The van der Waals surface area contributed by atoms with Crippen LogP contribution in [-0.4, -0.2) is 9.13 Å². The first-order chi connectivity index (χ1) is 18.2. The highest BCUT2D eigenvalue weighted by Gasteiger charge is 2.24. The minimum Gasteiger partial charge on any atom is -0.341 e. The van der Waals surface area contributed by atoms with Crippen molar-refractivity contribution in [2.75, 3.05) is 0 Å². The number of benzene rings is 3. The lowest BCUT2D eigenvalue weighted by Crippen LogP contribution is -1.95. The fraction of sp³-hybridized carbons (Fsp3) is 0.133. The van der Waals surface area contributed by atoms with Crippen molar-refractivity contribution in [2.45, 2.75) is 13.8 Å². The molecule has 3 aromatic carbocycles. The molecule has 0 aliphatic carbocycles. The van der Waals surface area contributed by atoms with E-state index in [0.29, 0.717) is 0 Å². The van der Waals surface area contributed by atoms with Gasteiger partial charge in [-0.05, 0) is 128 Å². The van der Waals surface area contributed by atoms with Crippen LogP contribution in [0.3, 0.4) is 0 Å². The molecular formula is C30H20I4N2S2. The van der Waals surface area contributed by atoms with E-state index in [4.69, 9.17) is 0 Å². The van der Waals surface area contributed by atoms with Crippen LogP contribution in [0.4, 0.5) is 0 Å². The Hall–Kier alpha value is -0.420. The van der Waals surface area contributed by atoms with Crippen molar-refractivity contribution < 1.29 is 0 Å². The van der Waals surface area contributed by atoms with Crippen molar-refractivity contribution in [1.29, 1.82) is 0 Å². The number of nitrogens with zero attached hydrogens (tertiary/aromatic N) is 2. The molecule has 38 heavy (non-hydrogen) atoms. The number of fused-ring (bicyclic) bond motifs is 6. The fourth-order valence-electron chi connectivity index (χ4n) is 5.58. The van der Waals surface area contributed by atoms with Crippen molar-refractivity contribution in [3.63, 3.8) is 0 Å². The van der Waals surface area contributed by atoms with Crippen molar-refractivity contribution >= 4 is 154 Å². The molecule has 2 nitrogen and oxygen atoms in total. The van der Waals surface area contributed by atoms with Gasteiger partial charge in [-0.25, -0.2) is 0 Å². The van der Waals surface area contributed by atoms with Crippen LogP contribution in [0.15, 0.2) is 48.5 Å². The van der Waals surface area contributed by atoms with Crippen molar-refractivity contribution in [1.82, 2.24) is 9.13 Å². The highest BCUT2D eigenvalue weighted by molar-refractivity contribution is 14.1. The van der Waals surface area contributed by atoms with Crippen LogP contribution in [0.5, 0.6) is 0 Å². The summed E-state index contributed by atoms with van der Waals surface area (Å²) in [5.74, 6) is 0. The van der Waals surface area contributed by atoms with Gasteiger partial charge in [0.2, 0.25) is 0 Å². The van der Waals surface area contributed by atoms with Gasteiger partial charge in [-0.1, -0.05) is 35.4 Å². The summed E-state index contributed by atoms with van der Waals surface area (Å²) in [6.45, 7) is 4.33. The Morgan fingerprint density at radius 2 is 0.974 bits per heavy atom. The fourth-order valence-corrected chi connectivity index (χ4v) is 12.3. The quantitative estimate of drug-likeness (QED) is 0.153. The lowest BCUT2D eigenvalue weighted by molar-refractivity contribution is 0.978. The Balaban J connectivity index is 1.49. The highest BCUT2D eigenvalue weighted by atomic mass is 127. The number of rotatable bonds is 2. The van der Waals surface area contributed by atoms with E-state index in [9.17, 15) is 0 Å². The summed E-state index contributed by atoms with van der Waals surface area (Å²) < 4.78 is 15.7. The average molecular weight is 980 g/mol. The minimum absolute atomic E-state index is 1.30. The van der Waals surface area contributed by atoms with Crippen LogP contribution >= 0.6 is 113 Å². The maximum Gasteiger partial charge on any atom is 0.0683 e. The summed E-state index contributed by atoms with van der Waals surface area (Å²) in [7, 11) is 4.46. The highest BCUT2D eigenvalue weighted by Crippen LogP contribution is 2.49. The largest absolute Gasteiger partial charge is 0.341 e. The molecule has 0 fully saturated rings. The smallest absolute Gasteiger partial charge is 0.0683 e. The molecule has 7 aromatic rings. The first-order valence-corrected chi connectivity index (χ1v) is 17.9. The second kappa shape index (κ2) is 9.57. The summed E-state index contributed by atoms with van der Waals surface area (Å²) in [6.07, 6.45) is 0. The third kappa shape index (κ3) is 3.82. The van der Waals surface area contributed by atoms with Crippen molar-refractivity contribution in [3.05, 3.63) is 73.9 Å². The third-order valence-corrected chi connectivity index (χ3v) is 14.3. The van der Waals surface area contributed by atoms with E-state index in [1.54, 1.807) is 0 Å². The molecule has 0 spiro atoms. The predicted octanol–water partition coefficient (Wildman–Crippen LogP) is 11.5. The molecule has 0 aliphatic rings. The predicted molar refractivity (Wildman–Crippen MR) is 201 cm³/mol. The summed E-state index contributed by atoms with van der Waals surface area (Å²) in [4.78, 5) is 0. The lowest BCUT2D eigenvalue weighted by Gasteiger charge is -2.10. The first kappa shape index (κ1) is 26.5. The maximum atomic E-state index is 2.56. The second-order valence-corrected chi connectivity index (χ2v) is 16.4. The Kier molecular flexibility index (Phi) is 6.66. The molecular weight excluding hydrogens is 960 g/mol. The minimum atomic E-state index is 1.30. The Bertz CT molecular complexity index is 1970. The third-order valence-electron chi connectivity index (χ3n) is 7.36. The average Bonchev–Trinajstić information content (AvgIpc) is 3.54. The molecule has 0 radical (unpaired) electrons. The van der Waals surface area contributed by atoms with E-state index >= 15 is 0 Å². The van der Waals surface area contributed by atoms with Gasteiger partial charge in [0.15, 0.2) is 0 Å². The molecule has 0 unspecified atom stereocenters. The normalized spacial score (nSPS) is 12.2. The van der Waals surface area contributed by atoms with Gasteiger partial charge in [-0.3, -0.25) is 0 Å². The van der Waals surface area contributed by atoms with E-state index in [1.165, 1.54) is 88.5 Å². The molecule has 190 valence electrons. The van der Waals surface area contributed by atoms with Crippen LogP contribution in [0.2, 0.25) is 0 Å². The molecule has 0 atom stereocenters. The molecule has 0 saturated heterocycles. The Morgan fingerprint density at radius 1 is 0.579 bits per heavy atom. The van der Waals surface area contributed by atoms with Gasteiger partial charge in [0, 0.05) is 52.5 Å². The topological polar surface area (TPSA) is 9.86 Å². The first-order valence-electron chi connectivity index (χ1n) is 12.0. The number of aryl methyl sites for hydroxylation is 4. The SMILES string of the molecule is Cc1ccc(-c2c(I)c3sc4cc5c(cc4c3n2C)sc2c(I)c(-c3ccc(C)cc3I)n(C)c25)c(I)c1. The molecule has 0 bridgehead atoms. The van der Waals surface area contributed by atoms with Gasteiger partial charge in [-0.15, -0.1) is 22.7 Å². The number of aromatic nitrogens is 2. The molecule has 0 amide bonds. The maximum absolute atomic E-state index is 2.56. The molecule has 8 heteroatoms. The lowest BCUT2D eigenvalue weighted by atomic mass is 10.1. The zero-order valence-corrected chi connectivity index (χ0v) is 31.1. The van der Waals surface area contributed by atoms with Gasteiger partial charge in [0.1, 0.15) is 0 Å². The molecule has 4 heterocycles. The van der Waals surface area contributed by atoms with E-state index < -0.39 is 0 Å². The van der Waals surface area contributed by atoms with Gasteiger partial charge >= 0.3 is 0 Å². The zero-order valence-electron chi connectivity index (χ0n) is 20.8. The van der Waals surface area contributed by atoms with Gasteiger partial charge < -0.3 is 9.13 Å². The van der Waals surface area contributed by atoms with Gasteiger partial charge in [0.05, 0.1) is 39.0 Å². The molecule has 7 rings (SSSR count). The zero-order chi connectivity index (χ0) is 26.6. The van der Waals surface area contributed by atoms with Crippen LogP contribution < -0.4 is 0 Å². The van der Waals surface area contributed by atoms with Crippen LogP contribution in [0.25, 0.3) is 63.1 Å². The van der Waals surface area contributed by atoms with Crippen LogP contribution in [0.1, 0.15) is 11.1 Å². The van der Waals surface area contributed by atoms with E-state index in [0.717, 1.165) is 0 Å². The van der Waals surface area contributed by atoms with Gasteiger partial charge in [0.25, 0.3) is 0 Å². The summed E-state index contributed by atoms with van der Waals surface area (Å²) in [6, 6.07) is 18.4. The second-order valence-electron chi connectivity index (χ2n) is 9.81.